The van der Waals surface area contributed by atoms with Gasteiger partial charge in [0.1, 0.15) is 6.61 Å². The van der Waals surface area contributed by atoms with E-state index in [4.69, 9.17) is 9.47 Å². The fourth-order valence-electron chi connectivity index (χ4n) is 5.72. The van der Waals surface area contributed by atoms with E-state index in [1.54, 1.807) is 19.2 Å². The van der Waals surface area contributed by atoms with Gasteiger partial charge in [-0.2, -0.15) is 0 Å². The Morgan fingerprint density at radius 2 is 1.80 bits per heavy atom. The Morgan fingerprint density at radius 3 is 2.56 bits per heavy atom. The number of fused-ring (bicyclic) bond motifs is 3. The number of hydrogen-bond donors (Lipinski definition) is 1. The summed E-state index contributed by atoms with van der Waals surface area (Å²) in [7, 11) is 1.59. The highest BCUT2D eigenvalue weighted by Crippen LogP contribution is 2.50. The maximum Gasteiger partial charge on any atom is 0.269 e. The largest absolute Gasteiger partial charge is 0.493 e. The smallest absolute Gasteiger partial charge is 0.269 e. The molecule has 4 aromatic rings. The standard InChI is InChI=1S/C34H31N3O4/c1-22-6-16-31-30(18-22)28-4-3-5-29(28)34(36-31)25-10-12-26(13-11-25)35-20-24-9-17-32(33(19-24)40-2)41-21-23-7-14-27(15-8-23)37(38)39/h3-4,6-20,28-29,34,36H,5,21H2,1-2H3/t28-,29+,34-/m0/s1. The summed E-state index contributed by atoms with van der Waals surface area (Å²) < 4.78 is 11.4. The van der Waals surface area contributed by atoms with Crippen molar-refractivity contribution in [1.29, 1.82) is 0 Å². The molecular formula is C34H31N3O4. The number of benzene rings is 4. The first-order valence-corrected chi connectivity index (χ1v) is 13.7. The second-order valence-corrected chi connectivity index (χ2v) is 10.5. The van der Waals surface area contributed by atoms with Crippen LogP contribution in [0.5, 0.6) is 11.5 Å². The van der Waals surface area contributed by atoms with Gasteiger partial charge >= 0.3 is 0 Å². The van der Waals surface area contributed by atoms with E-state index in [0.717, 1.165) is 23.2 Å². The molecule has 0 saturated heterocycles. The first kappa shape index (κ1) is 26.3. The van der Waals surface area contributed by atoms with E-state index < -0.39 is 4.92 Å². The molecule has 7 heteroatoms. The lowest BCUT2D eigenvalue weighted by molar-refractivity contribution is -0.384. The summed E-state index contributed by atoms with van der Waals surface area (Å²) in [5, 5.41) is 14.7. The number of ether oxygens (including phenoxy) is 2. The number of rotatable bonds is 8. The molecule has 3 atom stereocenters. The first-order chi connectivity index (χ1) is 20.0. The maximum absolute atomic E-state index is 10.9. The lowest BCUT2D eigenvalue weighted by atomic mass is 9.76. The number of allylic oxidation sites excluding steroid dienone is 2. The van der Waals surface area contributed by atoms with Gasteiger partial charge in [0.05, 0.1) is 23.8 Å². The molecule has 0 amide bonds. The fraction of sp³-hybridized carbons (Fsp3) is 0.206. The first-order valence-electron chi connectivity index (χ1n) is 13.7. The minimum absolute atomic E-state index is 0.0517. The monoisotopic (exact) mass is 545 g/mol. The second kappa shape index (κ2) is 11.3. The van der Waals surface area contributed by atoms with Crippen molar-refractivity contribution in [3.8, 4) is 11.5 Å². The highest BCUT2D eigenvalue weighted by molar-refractivity contribution is 5.83. The normalized spacial score (nSPS) is 18.9. The number of nitrogens with zero attached hydrogens (tertiary/aromatic N) is 2. The predicted molar refractivity (Wildman–Crippen MR) is 162 cm³/mol. The third-order valence-corrected chi connectivity index (χ3v) is 7.86. The van der Waals surface area contributed by atoms with Crippen molar-refractivity contribution >= 4 is 23.3 Å². The average molecular weight is 546 g/mol. The average Bonchev–Trinajstić information content (AvgIpc) is 3.50. The molecule has 0 radical (unpaired) electrons. The van der Waals surface area contributed by atoms with Gasteiger partial charge < -0.3 is 14.8 Å². The summed E-state index contributed by atoms with van der Waals surface area (Å²) in [6, 6.07) is 27.4. The molecule has 1 heterocycles. The molecule has 4 aromatic carbocycles. The Morgan fingerprint density at radius 1 is 1.00 bits per heavy atom. The van der Waals surface area contributed by atoms with E-state index in [9.17, 15) is 10.1 Å². The Labute approximate surface area is 239 Å². The number of methoxy groups -OCH3 is 1. The van der Waals surface area contributed by atoms with Crippen molar-refractivity contribution in [2.75, 3.05) is 12.4 Å². The summed E-state index contributed by atoms with van der Waals surface area (Å²) in [6.07, 6.45) is 7.58. The maximum atomic E-state index is 10.9. The number of nitro groups is 1. The third-order valence-electron chi connectivity index (χ3n) is 7.86. The van der Waals surface area contributed by atoms with Gasteiger partial charge in [-0.25, -0.2) is 0 Å². The van der Waals surface area contributed by atoms with Crippen molar-refractivity contribution in [3.63, 3.8) is 0 Å². The number of hydrogen-bond acceptors (Lipinski definition) is 6. The SMILES string of the molecule is COc1cc(C=Nc2ccc([C@@H]3Nc4ccc(C)cc4[C@H]4C=CC[C@H]43)cc2)ccc1OCc1ccc([N+](=O)[O-])cc1. The van der Waals surface area contributed by atoms with Crippen LogP contribution in [-0.2, 0) is 6.61 Å². The van der Waals surface area contributed by atoms with E-state index >= 15 is 0 Å². The number of nitrogens with one attached hydrogen (secondary N) is 1. The number of anilines is 1. The topological polar surface area (TPSA) is 86.0 Å². The summed E-state index contributed by atoms with van der Waals surface area (Å²) in [6.45, 7) is 2.43. The lowest BCUT2D eigenvalue weighted by Crippen LogP contribution is -2.29. The van der Waals surface area contributed by atoms with Gasteiger partial charge in [0, 0.05) is 30.0 Å². The van der Waals surface area contributed by atoms with Gasteiger partial charge in [-0.15, -0.1) is 0 Å². The molecule has 1 N–H and O–H groups in total. The summed E-state index contributed by atoms with van der Waals surface area (Å²) in [4.78, 5) is 15.1. The van der Waals surface area contributed by atoms with Crippen LogP contribution < -0.4 is 14.8 Å². The van der Waals surface area contributed by atoms with E-state index in [-0.39, 0.29) is 18.3 Å². The van der Waals surface area contributed by atoms with Crippen LogP contribution in [-0.4, -0.2) is 18.2 Å². The van der Waals surface area contributed by atoms with E-state index in [1.807, 2.05) is 24.4 Å². The van der Waals surface area contributed by atoms with E-state index in [2.05, 4.69) is 71.8 Å². The van der Waals surface area contributed by atoms with Crippen LogP contribution in [0.3, 0.4) is 0 Å². The highest BCUT2D eigenvalue weighted by atomic mass is 16.6. The Kier molecular flexibility index (Phi) is 7.25. The summed E-state index contributed by atoms with van der Waals surface area (Å²) in [5.74, 6) is 2.13. The molecule has 0 bridgehead atoms. The van der Waals surface area contributed by atoms with Gasteiger partial charge in [-0.05, 0) is 90.0 Å². The number of nitro benzene ring substituents is 1. The Balaban J connectivity index is 1.12. The minimum atomic E-state index is -0.418. The van der Waals surface area contributed by atoms with Gasteiger partial charge in [0.25, 0.3) is 5.69 Å². The molecule has 1 aliphatic heterocycles. The molecule has 41 heavy (non-hydrogen) atoms. The number of aliphatic imine (C=N–C) groups is 1. The molecule has 7 nitrogen and oxygen atoms in total. The number of aryl methyl sites for hydroxylation is 1. The van der Waals surface area contributed by atoms with E-state index in [1.165, 1.54) is 34.5 Å². The van der Waals surface area contributed by atoms with Crippen molar-refractivity contribution in [3.05, 3.63) is 135 Å². The van der Waals surface area contributed by atoms with Crippen LogP contribution in [0.15, 0.2) is 102 Å². The van der Waals surface area contributed by atoms with Crippen LogP contribution >= 0.6 is 0 Å². The van der Waals surface area contributed by atoms with Crippen LogP contribution in [0, 0.1) is 23.0 Å². The third kappa shape index (κ3) is 5.57. The zero-order valence-electron chi connectivity index (χ0n) is 23.0. The lowest BCUT2D eigenvalue weighted by Gasteiger charge is -2.37. The van der Waals surface area contributed by atoms with Crippen molar-refractivity contribution < 1.29 is 14.4 Å². The van der Waals surface area contributed by atoms with Crippen molar-refractivity contribution in [2.24, 2.45) is 10.9 Å². The van der Waals surface area contributed by atoms with Crippen molar-refractivity contribution in [1.82, 2.24) is 0 Å². The van der Waals surface area contributed by atoms with Gasteiger partial charge in [0.15, 0.2) is 11.5 Å². The summed E-state index contributed by atoms with van der Waals surface area (Å²) in [5.41, 5.74) is 7.83. The van der Waals surface area contributed by atoms with Crippen molar-refractivity contribution in [2.45, 2.75) is 31.9 Å². The van der Waals surface area contributed by atoms with Crippen LogP contribution in [0.4, 0.5) is 17.1 Å². The van der Waals surface area contributed by atoms with Crippen LogP contribution in [0.25, 0.3) is 0 Å². The van der Waals surface area contributed by atoms with Crippen LogP contribution in [0.2, 0.25) is 0 Å². The number of non-ortho nitro benzene ring substituents is 1. The summed E-state index contributed by atoms with van der Waals surface area (Å²) >= 11 is 0. The Bertz CT molecular complexity index is 1630. The molecule has 1 aliphatic carbocycles. The van der Waals surface area contributed by atoms with Gasteiger partial charge in [0.2, 0.25) is 0 Å². The molecule has 6 rings (SSSR count). The quantitative estimate of drug-likeness (QED) is 0.105. The molecule has 0 saturated carbocycles. The molecule has 0 spiro atoms. The second-order valence-electron chi connectivity index (χ2n) is 10.5. The molecule has 206 valence electrons. The van der Waals surface area contributed by atoms with Gasteiger partial charge in [-0.1, -0.05) is 42.0 Å². The molecule has 0 fully saturated rings. The molecule has 2 aliphatic rings. The van der Waals surface area contributed by atoms with Crippen LogP contribution in [0.1, 0.15) is 46.2 Å². The highest BCUT2D eigenvalue weighted by Gasteiger charge is 2.37. The zero-order valence-corrected chi connectivity index (χ0v) is 23.0. The zero-order chi connectivity index (χ0) is 28.3. The Hall–Kier alpha value is -4.91. The van der Waals surface area contributed by atoms with Gasteiger partial charge in [-0.3, -0.25) is 15.1 Å². The molecule has 0 aromatic heterocycles. The molecule has 0 unspecified atom stereocenters. The van der Waals surface area contributed by atoms with E-state index in [0.29, 0.717) is 23.3 Å². The minimum Gasteiger partial charge on any atom is -0.493 e. The fourth-order valence-corrected chi connectivity index (χ4v) is 5.72. The predicted octanol–water partition coefficient (Wildman–Crippen LogP) is 8.07. The molecular weight excluding hydrogens is 514 g/mol.